The van der Waals surface area contributed by atoms with Crippen molar-refractivity contribution in [2.45, 2.75) is 26.4 Å². The largest absolute Gasteiger partial charge is 0.435 e. The number of rotatable bonds is 3. The molecule has 20 heavy (non-hydrogen) atoms. The zero-order valence-corrected chi connectivity index (χ0v) is 11.3. The summed E-state index contributed by atoms with van der Waals surface area (Å²) in [6.45, 7) is 0.741. The highest BCUT2D eigenvalue weighted by Crippen LogP contribution is 2.21. The number of ether oxygens (including phenoxy) is 1. The number of piperidine rings is 1. The number of carbonyl (C=O) groups excluding carboxylic acids is 1. The third kappa shape index (κ3) is 4.08. The number of carbonyl (C=O) groups is 1. The molecule has 0 radical (unpaired) electrons. The smallest absolute Gasteiger partial charge is 0.387 e. The van der Waals surface area contributed by atoms with Crippen LogP contribution in [0.2, 0.25) is 0 Å². The van der Waals surface area contributed by atoms with Crippen LogP contribution >= 0.6 is 0 Å². The molecule has 4 nitrogen and oxygen atoms in total. The summed E-state index contributed by atoms with van der Waals surface area (Å²) in [7, 11) is 0. The molecule has 0 bridgehead atoms. The first kappa shape index (κ1) is 14.6. The Labute approximate surface area is 116 Å². The first-order valence-corrected chi connectivity index (χ1v) is 6.65. The molecule has 1 heterocycles. The van der Waals surface area contributed by atoms with Gasteiger partial charge < -0.3 is 15.0 Å². The van der Waals surface area contributed by atoms with E-state index >= 15 is 0 Å². The summed E-state index contributed by atoms with van der Waals surface area (Å²) in [6, 6.07) is 5.81. The fraction of sp³-hybridized carbons (Fsp3) is 0.500. The summed E-state index contributed by atoms with van der Waals surface area (Å²) in [4.78, 5) is 13.8. The number of hydrogen-bond acceptors (Lipinski definition) is 2. The lowest BCUT2D eigenvalue weighted by atomic mass is 10.00. The van der Waals surface area contributed by atoms with E-state index in [4.69, 9.17) is 0 Å². The van der Waals surface area contributed by atoms with Gasteiger partial charge >= 0.3 is 12.6 Å². The van der Waals surface area contributed by atoms with Gasteiger partial charge in [-0.05, 0) is 30.9 Å². The normalized spacial score (nSPS) is 16.3. The monoisotopic (exact) mass is 284 g/mol. The predicted octanol–water partition coefficient (Wildman–Crippen LogP) is 3.55. The Balaban J connectivity index is 1.93. The average molecular weight is 284 g/mol. The maximum absolute atomic E-state index is 12.1. The molecule has 1 aliphatic rings. The van der Waals surface area contributed by atoms with Crippen molar-refractivity contribution in [3.63, 3.8) is 0 Å². The summed E-state index contributed by atoms with van der Waals surface area (Å²) in [5, 5.41) is 2.70. The lowest BCUT2D eigenvalue weighted by Gasteiger charge is -2.30. The Morgan fingerprint density at radius 1 is 1.40 bits per heavy atom. The van der Waals surface area contributed by atoms with Crippen molar-refractivity contribution < 1.29 is 18.3 Å². The SMILES string of the molecule is CC1CCN(C(=O)Nc2cccc(OC(F)F)c2)CC1. The number of benzene rings is 1. The van der Waals surface area contributed by atoms with E-state index in [1.165, 1.54) is 12.1 Å². The van der Waals surface area contributed by atoms with Crippen molar-refractivity contribution in [1.82, 2.24) is 4.90 Å². The Bertz CT molecular complexity index is 460. The molecule has 0 aromatic heterocycles. The van der Waals surface area contributed by atoms with E-state index in [1.807, 2.05) is 0 Å². The number of halogens is 2. The van der Waals surface area contributed by atoms with Crippen LogP contribution in [0.4, 0.5) is 19.3 Å². The number of alkyl halides is 2. The third-order valence-electron chi connectivity index (χ3n) is 3.38. The molecule has 0 saturated carbocycles. The first-order chi connectivity index (χ1) is 9.54. The Morgan fingerprint density at radius 3 is 2.75 bits per heavy atom. The van der Waals surface area contributed by atoms with Crippen LogP contribution in [0, 0.1) is 5.92 Å². The van der Waals surface area contributed by atoms with Gasteiger partial charge in [-0.1, -0.05) is 13.0 Å². The molecular weight excluding hydrogens is 266 g/mol. The second-order valence-electron chi connectivity index (χ2n) is 5.01. The molecule has 1 fully saturated rings. The highest BCUT2D eigenvalue weighted by Gasteiger charge is 2.20. The molecule has 1 aromatic rings. The van der Waals surface area contributed by atoms with Crippen molar-refractivity contribution in [3.05, 3.63) is 24.3 Å². The summed E-state index contributed by atoms with van der Waals surface area (Å²) >= 11 is 0. The molecule has 0 spiro atoms. The molecule has 1 N–H and O–H groups in total. The lowest BCUT2D eigenvalue weighted by Crippen LogP contribution is -2.40. The minimum Gasteiger partial charge on any atom is -0.435 e. The summed E-state index contributed by atoms with van der Waals surface area (Å²) in [6.07, 6.45) is 1.98. The van der Waals surface area contributed by atoms with Gasteiger partial charge in [0, 0.05) is 24.8 Å². The van der Waals surface area contributed by atoms with Gasteiger partial charge in [-0.3, -0.25) is 0 Å². The number of nitrogens with zero attached hydrogens (tertiary/aromatic N) is 1. The van der Waals surface area contributed by atoms with Crippen molar-refractivity contribution in [3.8, 4) is 5.75 Å². The molecule has 0 atom stereocenters. The van der Waals surface area contributed by atoms with Crippen LogP contribution in [0.5, 0.6) is 5.75 Å². The molecule has 2 amide bonds. The minimum atomic E-state index is -2.87. The number of anilines is 1. The third-order valence-corrected chi connectivity index (χ3v) is 3.38. The number of nitrogens with one attached hydrogen (secondary N) is 1. The van der Waals surface area contributed by atoms with E-state index in [0.717, 1.165) is 25.9 Å². The van der Waals surface area contributed by atoms with Crippen molar-refractivity contribution in [1.29, 1.82) is 0 Å². The summed E-state index contributed by atoms with van der Waals surface area (Å²) in [5.74, 6) is 0.673. The summed E-state index contributed by atoms with van der Waals surface area (Å²) in [5.41, 5.74) is 0.451. The molecule has 6 heteroatoms. The highest BCUT2D eigenvalue weighted by atomic mass is 19.3. The fourth-order valence-electron chi connectivity index (χ4n) is 2.16. The van der Waals surface area contributed by atoms with E-state index in [1.54, 1.807) is 17.0 Å². The van der Waals surface area contributed by atoms with Crippen LogP contribution in [0.25, 0.3) is 0 Å². The van der Waals surface area contributed by atoms with Crippen molar-refractivity contribution in [2.24, 2.45) is 5.92 Å². The van der Waals surface area contributed by atoms with Crippen LogP contribution in [0.1, 0.15) is 19.8 Å². The fourth-order valence-corrected chi connectivity index (χ4v) is 2.16. The number of likely N-dealkylation sites (tertiary alicyclic amines) is 1. The van der Waals surface area contributed by atoms with Gasteiger partial charge in [0.2, 0.25) is 0 Å². The molecule has 1 aliphatic heterocycles. The van der Waals surface area contributed by atoms with Crippen LogP contribution in [-0.4, -0.2) is 30.6 Å². The topological polar surface area (TPSA) is 41.6 Å². The number of amides is 2. The zero-order chi connectivity index (χ0) is 14.5. The molecule has 2 rings (SSSR count). The van der Waals surface area contributed by atoms with Crippen LogP contribution in [-0.2, 0) is 0 Å². The van der Waals surface area contributed by atoms with E-state index < -0.39 is 6.61 Å². The number of hydrogen-bond donors (Lipinski definition) is 1. The van der Waals surface area contributed by atoms with Gasteiger partial charge in [0.05, 0.1) is 0 Å². The minimum absolute atomic E-state index is 0.0325. The maximum atomic E-state index is 12.1. The van der Waals surface area contributed by atoms with Gasteiger partial charge in [0.1, 0.15) is 5.75 Å². The van der Waals surface area contributed by atoms with Gasteiger partial charge in [0.25, 0.3) is 0 Å². The van der Waals surface area contributed by atoms with E-state index in [0.29, 0.717) is 11.6 Å². The second-order valence-corrected chi connectivity index (χ2v) is 5.01. The second kappa shape index (κ2) is 6.54. The average Bonchev–Trinajstić information content (AvgIpc) is 2.39. The molecule has 1 saturated heterocycles. The van der Waals surface area contributed by atoms with Gasteiger partial charge in [0.15, 0.2) is 0 Å². The number of urea groups is 1. The maximum Gasteiger partial charge on any atom is 0.387 e. The molecular formula is C14H18F2N2O2. The van der Waals surface area contributed by atoms with Gasteiger partial charge in [-0.15, -0.1) is 0 Å². The van der Waals surface area contributed by atoms with E-state index in [9.17, 15) is 13.6 Å². The predicted molar refractivity (Wildman–Crippen MR) is 72.1 cm³/mol. The van der Waals surface area contributed by atoms with Gasteiger partial charge in [-0.2, -0.15) is 8.78 Å². The quantitative estimate of drug-likeness (QED) is 0.922. The van der Waals surface area contributed by atoms with Crippen molar-refractivity contribution in [2.75, 3.05) is 18.4 Å². The van der Waals surface area contributed by atoms with E-state index in [-0.39, 0.29) is 11.8 Å². The molecule has 0 unspecified atom stereocenters. The van der Waals surface area contributed by atoms with Crippen LogP contribution in [0.3, 0.4) is 0 Å². The molecule has 1 aromatic carbocycles. The van der Waals surface area contributed by atoms with Gasteiger partial charge in [-0.25, -0.2) is 4.79 Å². The highest BCUT2D eigenvalue weighted by molar-refractivity contribution is 5.89. The lowest BCUT2D eigenvalue weighted by molar-refractivity contribution is -0.0497. The summed E-state index contributed by atoms with van der Waals surface area (Å²) < 4.78 is 28.5. The van der Waals surface area contributed by atoms with Crippen LogP contribution in [0.15, 0.2) is 24.3 Å². The molecule has 110 valence electrons. The molecule has 0 aliphatic carbocycles. The first-order valence-electron chi connectivity index (χ1n) is 6.65. The van der Waals surface area contributed by atoms with E-state index in [2.05, 4.69) is 17.0 Å². The van der Waals surface area contributed by atoms with Crippen LogP contribution < -0.4 is 10.1 Å². The Hall–Kier alpha value is -1.85. The Kier molecular flexibility index (Phi) is 4.76. The zero-order valence-electron chi connectivity index (χ0n) is 11.3. The van der Waals surface area contributed by atoms with Crippen molar-refractivity contribution >= 4 is 11.7 Å². The Morgan fingerprint density at radius 2 is 2.10 bits per heavy atom. The standard InChI is InChI=1S/C14H18F2N2O2/c1-10-5-7-18(8-6-10)14(19)17-11-3-2-4-12(9-11)20-13(15)16/h2-4,9-10,13H,5-8H2,1H3,(H,17,19).